The number of hydrogen-bond donors (Lipinski definition) is 3. The fourth-order valence-corrected chi connectivity index (χ4v) is 4.24. The number of anilines is 3. The second-order valence-corrected chi connectivity index (χ2v) is 8.64. The Balaban J connectivity index is 1.43. The number of benzene rings is 2. The van der Waals surface area contributed by atoms with Gasteiger partial charge in [-0.1, -0.05) is 18.2 Å². The van der Waals surface area contributed by atoms with Crippen LogP contribution in [0.15, 0.2) is 60.8 Å². The summed E-state index contributed by atoms with van der Waals surface area (Å²) < 4.78 is 30.0. The van der Waals surface area contributed by atoms with E-state index in [-0.39, 0.29) is 0 Å². The predicted molar refractivity (Wildman–Crippen MR) is 129 cm³/mol. The highest BCUT2D eigenvalue weighted by atomic mass is 32.2. The zero-order valence-corrected chi connectivity index (χ0v) is 18.9. The minimum absolute atomic E-state index is 0.291. The molecule has 0 saturated carbocycles. The molecule has 3 heterocycles. The van der Waals surface area contributed by atoms with Gasteiger partial charge in [0.2, 0.25) is 17.2 Å². The third-order valence-electron chi connectivity index (χ3n) is 5.60. The lowest BCUT2D eigenvalue weighted by molar-refractivity contribution is 0.133. The topological polar surface area (TPSA) is 104 Å². The summed E-state index contributed by atoms with van der Waals surface area (Å²) in [5.74, 6) is 0.483. The molecule has 9 nitrogen and oxygen atoms in total. The molecule has 1 atom stereocenters. The molecule has 1 aliphatic heterocycles. The normalized spacial score (nSPS) is 14.7. The van der Waals surface area contributed by atoms with E-state index >= 15 is 0 Å². The van der Waals surface area contributed by atoms with Crippen LogP contribution in [0.4, 0.5) is 17.3 Å². The highest BCUT2D eigenvalue weighted by Crippen LogP contribution is 2.28. The van der Waals surface area contributed by atoms with Crippen molar-refractivity contribution in [2.45, 2.75) is 13.2 Å². The molecule has 5 rings (SSSR count). The van der Waals surface area contributed by atoms with Crippen molar-refractivity contribution >= 4 is 34.1 Å². The number of nitrogens with zero attached hydrogens (tertiary/aromatic N) is 4. The van der Waals surface area contributed by atoms with Crippen LogP contribution in [0.3, 0.4) is 0 Å². The average Bonchev–Trinajstić information content (AvgIpc) is 3.15. The lowest BCUT2D eigenvalue weighted by Gasteiger charge is -2.19. The highest BCUT2D eigenvalue weighted by Gasteiger charge is 2.14. The molecule has 4 aromatic rings. The summed E-state index contributed by atoms with van der Waals surface area (Å²) in [7, 11) is 2.07. The van der Waals surface area contributed by atoms with E-state index in [9.17, 15) is 4.21 Å². The Morgan fingerprint density at radius 1 is 1.18 bits per heavy atom. The fraction of sp³-hybridized carbons (Fsp3) is 0.217. The summed E-state index contributed by atoms with van der Waals surface area (Å²) >= 11 is -2.05. The van der Waals surface area contributed by atoms with Gasteiger partial charge < -0.3 is 15.0 Å². The van der Waals surface area contributed by atoms with E-state index in [1.54, 1.807) is 6.20 Å². The molecule has 3 N–H and O–H groups in total. The van der Waals surface area contributed by atoms with Gasteiger partial charge in [-0.25, -0.2) is 18.4 Å². The maximum atomic E-state index is 10.9. The van der Waals surface area contributed by atoms with Crippen LogP contribution in [0.25, 0.3) is 16.8 Å². The molecule has 0 fully saturated rings. The monoisotopic (exact) mass is 464 g/mol. The number of ether oxygens (including phenoxy) is 1. The van der Waals surface area contributed by atoms with Gasteiger partial charge in [0.25, 0.3) is 0 Å². The van der Waals surface area contributed by atoms with Gasteiger partial charge in [-0.05, 0) is 42.0 Å². The Kier molecular flexibility index (Phi) is 6.05. The summed E-state index contributed by atoms with van der Waals surface area (Å²) in [6.07, 6.45) is 1.78. The van der Waals surface area contributed by atoms with Crippen molar-refractivity contribution in [1.82, 2.24) is 19.3 Å². The van der Waals surface area contributed by atoms with E-state index in [4.69, 9.17) is 14.4 Å². The lowest BCUT2D eigenvalue weighted by Crippen LogP contribution is -2.20. The van der Waals surface area contributed by atoms with Crippen molar-refractivity contribution < 1.29 is 13.5 Å². The zero-order valence-electron chi connectivity index (χ0n) is 18.1. The predicted octanol–water partition coefficient (Wildman–Crippen LogP) is 3.33. The van der Waals surface area contributed by atoms with Crippen LogP contribution < -0.4 is 14.9 Å². The van der Waals surface area contributed by atoms with E-state index in [0.717, 1.165) is 40.1 Å². The van der Waals surface area contributed by atoms with Crippen molar-refractivity contribution in [1.29, 1.82) is 0 Å². The van der Waals surface area contributed by atoms with Gasteiger partial charge >= 0.3 is 0 Å². The van der Waals surface area contributed by atoms with Crippen LogP contribution in [0.2, 0.25) is 0 Å². The number of fused-ring (bicyclic) bond motifs is 2. The van der Waals surface area contributed by atoms with E-state index in [1.807, 2.05) is 47.0 Å². The van der Waals surface area contributed by atoms with Gasteiger partial charge in [-0.2, -0.15) is 0 Å². The van der Waals surface area contributed by atoms with Gasteiger partial charge in [0.15, 0.2) is 0 Å². The van der Waals surface area contributed by atoms with E-state index < -0.39 is 11.3 Å². The quantitative estimate of drug-likeness (QED) is 0.376. The molecule has 0 saturated heterocycles. The number of likely N-dealkylation sites (N-methyl/N-ethyl adjacent to an activating group) is 1. The average molecular weight is 465 g/mol. The molecule has 0 amide bonds. The molecule has 0 radical (unpaired) electrons. The van der Waals surface area contributed by atoms with Crippen molar-refractivity contribution in [2.24, 2.45) is 0 Å². The number of hydrogen-bond acceptors (Lipinski definition) is 6. The molecule has 170 valence electrons. The van der Waals surface area contributed by atoms with Crippen LogP contribution in [-0.4, -0.2) is 43.6 Å². The largest absolute Gasteiger partial charge is 0.375 e. The number of aromatic nitrogens is 3. The standard InChI is InChI=1S/C23H24N6O3S/c1-28-9-10-32-15-18-12-19(5-7-21(18)28)26-23-24-14-20-6-8-22(29(20)27-23)17-4-2-3-16(11-17)13-25-33(30)31/h2-8,11-12,14,25H,9-10,13,15H2,1H3,(H,26,27)(H,30,31). The first-order valence-corrected chi connectivity index (χ1v) is 11.6. The third kappa shape index (κ3) is 4.74. The van der Waals surface area contributed by atoms with Crippen LogP contribution in [0.1, 0.15) is 11.1 Å². The van der Waals surface area contributed by atoms with Crippen LogP contribution >= 0.6 is 0 Å². The van der Waals surface area contributed by atoms with E-state index in [0.29, 0.717) is 25.7 Å². The summed E-state index contributed by atoms with van der Waals surface area (Å²) in [4.78, 5) is 6.66. The first-order chi connectivity index (χ1) is 16.1. The minimum Gasteiger partial charge on any atom is -0.375 e. The Hall–Kier alpha value is -3.31. The maximum absolute atomic E-state index is 10.9. The smallest absolute Gasteiger partial charge is 0.245 e. The summed E-state index contributed by atoms with van der Waals surface area (Å²) in [5, 5.41) is 8.01. The number of nitrogens with one attached hydrogen (secondary N) is 2. The molecular formula is C23H24N6O3S. The third-order valence-corrected chi connectivity index (χ3v) is 5.99. The maximum Gasteiger partial charge on any atom is 0.245 e. The molecule has 1 unspecified atom stereocenters. The first kappa shape index (κ1) is 21.5. The lowest BCUT2D eigenvalue weighted by atomic mass is 10.1. The molecule has 10 heteroatoms. The summed E-state index contributed by atoms with van der Waals surface area (Å²) in [6.45, 7) is 2.44. The minimum atomic E-state index is -2.05. The highest BCUT2D eigenvalue weighted by molar-refractivity contribution is 7.77. The molecule has 0 aliphatic carbocycles. The molecule has 0 bridgehead atoms. The van der Waals surface area contributed by atoms with Crippen LogP contribution in [0.5, 0.6) is 0 Å². The SMILES string of the molecule is CN1CCOCc2cc(Nc3ncc4ccc(-c5cccc(CNS(=O)O)c5)n4n3)ccc21. The van der Waals surface area contributed by atoms with E-state index in [1.165, 1.54) is 5.69 Å². The van der Waals surface area contributed by atoms with Crippen molar-refractivity contribution in [3.05, 3.63) is 71.9 Å². The van der Waals surface area contributed by atoms with Crippen molar-refractivity contribution in [2.75, 3.05) is 30.4 Å². The van der Waals surface area contributed by atoms with Crippen molar-refractivity contribution in [3.8, 4) is 11.3 Å². The molecule has 1 aliphatic rings. The molecule has 33 heavy (non-hydrogen) atoms. The molecule has 2 aromatic carbocycles. The molecular weight excluding hydrogens is 440 g/mol. The van der Waals surface area contributed by atoms with E-state index in [2.05, 4.69) is 39.1 Å². The van der Waals surface area contributed by atoms with Gasteiger partial charge in [-0.3, -0.25) is 4.55 Å². The Bertz CT molecular complexity index is 1320. The van der Waals surface area contributed by atoms with Crippen LogP contribution in [-0.2, 0) is 29.2 Å². The summed E-state index contributed by atoms with van der Waals surface area (Å²) in [5.41, 5.74) is 6.80. The molecule has 0 spiro atoms. The second kappa shape index (κ2) is 9.28. The van der Waals surface area contributed by atoms with Gasteiger partial charge in [0, 0.05) is 42.6 Å². The molecule has 2 aromatic heterocycles. The zero-order chi connectivity index (χ0) is 22.8. The fourth-order valence-electron chi connectivity index (χ4n) is 3.95. The van der Waals surface area contributed by atoms with Crippen molar-refractivity contribution in [3.63, 3.8) is 0 Å². The number of rotatable bonds is 6. The second-order valence-electron chi connectivity index (χ2n) is 7.85. The first-order valence-electron chi connectivity index (χ1n) is 10.5. The van der Waals surface area contributed by atoms with Gasteiger partial charge in [-0.15, -0.1) is 5.10 Å². The van der Waals surface area contributed by atoms with Gasteiger partial charge in [0.1, 0.15) is 0 Å². The Labute approximate surface area is 193 Å². The van der Waals surface area contributed by atoms with Crippen LogP contribution in [0, 0.1) is 0 Å². The Morgan fingerprint density at radius 3 is 2.97 bits per heavy atom. The Morgan fingerprint density at radius 2 is 2.09 bits per heavy atom. The van der Waals surface area contributed by atoms with Gasteiger partial charge in [0.05, 0.1) is 30.6 Å². The summed E-state index contributed by atoms with van der Waals surface area (Å²) in [6, 6.07) is 17.9.